The van der Waals surface area contributed by atoms with Crippen LogP contribution in [0, 0.1) is 0 Å². The van der Waals surface area contributed by atoms with E-state index in [1.807, 2.05) is 6.07 Å². The van der Waals surface area contributed by atoms with Gasteiger partial charge in [-0.2, -0.15) is 0 Å². The fourth-order valence-electron chi connectivity index (χ4n) is 1.57. The maximum Gasteiger partial charge on any atom is 0.126 e. The molecule has 96 valence electrons. The number of hydrogen-bond acceptors (Lipinski definition) is 4. The van der Waals surface area contributed by atoms with E-state index in [0.717, 1.165) is 37.7 Å². The van der Waals surface area contributed by atoms with Gasteiger partial charge in [-0.1, -0.05) is 6.07 Å². The number of hydrogen-bond donors (Lipinski definition) is 1. The van der Waals surface area contributed by atoms with Crippen LogP contribution in [-0.2, 0) is 6.54 Å². The van der Waals surface area contributed by atoms with Gasteiger partial charge in [-0.15, -0.1) is 0 Å². The van der Waals surface area contributed by atoms with Crippen molar-refractivity contribution in [2.24, 2.45) is 0 Å². The average Bonchev–Trinajstić information content (AvgIpc) is 2.27. The lowest BCUT2D eigenvalue weighted by Crippen LogP contribution is -2.28. The number of anilines is 1. The smallest absolute Gasteiger partial charge is 0.126 e. The van der Waals surface area contributed by atoms with E-state index in [0.29, 0.717) is 0 Å². The minimum atomic E-state index is 0.896. The van der Waals surface area contributed by atoms with Crippen LogP contribution in [0.25, 0.3) is 0 Å². The molecule has 1 aromatic heterocycles. The molecule has 0 radical (unpaired) electrons. The second-order valence-corrected chi connectivity index (χ2v) is 4.59. The highest BCUT2D eigenvalue weighted by Gasteiger charge is 2.02. The number of likely N-dealkylation sites (N-methyl/N-ethyl adjacent to an activating group) is 2. The lowest BCUT2D eigenvalue weighted by Gasteiger charge is -2.19. The molecule has 0 saturated carbocycles. The number of rotatable bonds is 7. The molecule has 17 heavy (non-hydrogen) atoms. The second kappa shape index (κ2) is 7.25. The number of nitrogens with one attached hydrogen (secondary N) is 1. The predicted molar refractivity (Wildman–Crippen MR) is 73.3 cm³/mol. The Bertz CT molecular complexity index is 325. The Morgan fingerprint density at radius 2 is 1.94 bits per heavy atom. The van der Waals surface area contributed by atoms with Gasteiger partial charge in [0.1, 0.15) is 5.82 Å². The van der Waals surface area contributed by atoms with Gasteiger partial charge < -0.3 is 10.2 Å². The predicted octanol–water partition coefficient (Wildman–Crippen LogP) is 1.51. The summed E-state index contributed by atoms with van der Waals surface area (Å²) in [7, 11) is 6.32. The topological polar surface area (TPSA) is 31.4 Å². The molecular weight excluding hydrogens is 212 g/mol. The van der Waals surface area contributed by atoms with Gasteiger partial charge >= 0.3 is 0 Å². The Kier molecular flexibility index (Phi) is 5.94. The van der Waals surface area contributed by atoms with Crippen molar-refractivity contribution in [3.05, 3.63) is 23.9 Å². The number of nitrogens with zero attached hydrogens (tertiary/aromatic N) is 3. The van der Waals surface area contributed by atoms with Crippen LogP contribution in [0.1, 0.15) is 12.6 Å². The number of aromatic nitrogens is 1. The zero-order valence-corrected chi connectivity index (χ0v) is 11.4. The zero-order chi connectivity index (χ0) is 12.7. The summed E-state index contributed by atoms with van der Waals surface area (Å²) >= 11 is 0. The molecule has 0 atom stereocenters. The summed E-state index contributed by atoms with van der Waals surface area (Å²) in [6, 6.07) is 6.14. The van der Waals surface area contributed by atoms with E-state index >= 15 is 0 Å². The number of pyridine rings is 1. The summed E-state index contributed by atoms with van der Waals surface area (Å²) in [6.07, 6.45) is 0. The second-order valence-electron chi connectivity index (χ2n) is 4.59. The maximum absolute atomic E-state index is 4.56. The maximum atomic E-state index is 4.56. The van der Waals surface area contributed by atoms with Crippen LogP contribution in [0.15, 0.2) is 18.2 Å². The lowest BCUT2D eigenvalue weighted by atomic mass is 10.3. The molecule has 0 aliphatic heterocycles. The summed E-state index contributed by atoms with van der Waals surface area (Å²) in [6.45, 7) is 6.01. The van der Waals surface area contributed by atoms with Crippen LogP contribution in [0.3, 0.4) is 0 Å². The Balaban J connectivity index is 2.46. The van der Waals surface area contributed by atoms with Crippen molar-refractivity contribution in [2.45, 2.75) is 13.5 Å². The van der Waals surface area contributed by atoms with Gasteiger partial charge in [-0.3, -0.25) is 4.90 Å². The summed E-state index contributed by atoms with van der Waals surface area (Å²) in [4.78, 5) is 9.05. The quantitative estimate of drug-likeness (QED) is 0.777. The molecule has 0 spiro atoms. The molecule has 0 amide bonds. The van der Waals surface area contributed by atoms with Crippen molar-refractivity contribution in [2.75, 3.05) is 46.1 Å². The molecule has 0 aliphatic carbocycles. The van der Waals surface area contributed by atoms with Crippen LogP contribution in [-0.4, -0.2) is 55.6 Å². The highest BCUT2D eigenvalue weighted by atomic mass is 15.2. The van der Waals surface area contributed by atoms with Crippen LogP contribution in [0.5, 0.6) is 0 Å². The van der Waals surface area contributed by atoms with Gasteiger partial charge in [0.2, 0.25) is 0 Å². The molecule has 0 bridgehead atoms. The van der Waals surface area contributed by atoms with Crippen molar-refractivity contribution in [3.8, 4) is 0 Å². The van der Waals surface area contributed by atoms with E-state index in [1.54, 1.807) is 0 Å². The summed E-state index contributed by atoms with van der Waals surface area (Å²) in [5.41, 5.74) is 1.12. The normalized spacial score (nSPS) is 11.2. The molecule has 0 unspecified atom stereocenters. The highest BCUT2D eigenvalue weighted by Crippen LogP contribution is 2.06. The van der Waals surface area contributed by atoms with Crippen LogP contribution in [0.2, 0.25) is 0 Å². The van der Waals surface area contributed by atoms with Crippen molar-refractivity contribution >= 4 is 5.82 Å². The van der Waals surface area contributed by atoms with Crippen LogP contribution >= 0.6 is 0 Å². The molecule has 4 heteroatoms. The molecule has 0 fully saturated rings. The Hall–Kier alpha value is -1.13. The first-order valence-corrected chi connectivity index (χ1v) is 6.15. The Labute approximate surface area is 105 Å². The monoisotopic (exact) mass is 236 g/mol. The largest absolute Gasteiger partial charge is 0.370 e. The fraction of sp³-hybridized carbons (Fsp3) is 0.615. The standard InChI is InChI=1S/C13H24N4/c1-5-14-13-8-6-7-12(15-13)11-17(4)10-9-16(2)3/h6-8H,5,9-11H2,1-4H3,(H,14,15). The minimum Gasteiger partial charge on any atom is -0.370 e. The van der Waals surface area contributed by atoms with Gasteiger partial charge in [0.25, 0.3) is 0 Å². The van der Waals surface area contributed by atoms with Crippen LogP contribution < -0.4 is 5.32 Å². The van der Waals surface area contributed by atoms with Gasteiger partial charge in [-0.05, 0) is 40.2 Å². The van der Waals surface area contributed by atoms with Crippen LogP contribution in [0.4, 0.5) is 5.82 Å². The van der Waals surface area contributed by atoms with Gasteiger partial charge in [-0.25, -0.2) is 4.98 Å². The van der Waals surface area contributed by atoms with Crippen molar-refractivity contribution in [1.29, 1.82) is 0 Å². The molecule has 1 aromatic rings. The molecular formula is C13H24N4. The third-order valence-electron chi connectivity index (χ3n) is 2.53. The Morgan fingerprint density at radius 1 is 1.18 bits per heavy atom. The minimum absolute atomic E-state index is 0.896. The Morgan fingerprint density at radius 3 is 2.59 bits per heavy atom. The first kappa shape index (κ1) is 13.9. The van der Waals surface area contributed by atoms with E-state index < -0.39 is 0 Å². The van der Waals surface area contributed by atoms with E-state index in [-0.39, 0.29) is 0 Å². The van der Waals surface area contributed by atoms with E-state index in [4.69, 9.17) is 0 Å². The zero-order valence-electron chi connectivity index (χ0n) is 11.4. The van der Waals surface area contributed by atoms with Crippen molar-refractivity contribution in [3.63, 3.8) is 0 Å². The third kappa shape index (κ3) is 5.65. The lowest BCUT2D eigenvalue weighted by molar-refractivity contribution is 0.274. The van der Waals surface area contributed by atoms with Gasteiger partial charge in [0, 0.05) is 26.2 Å². The molecule has 1 N–H and O–H groups in total. The first-order chi connectivity index (χ1) is 8.11. The van der Waals surface area contributed by atoms with Gasteiger partial charge in [0.15, 0.2) is 0 Å². The first-order valence-electron chi connectivity index (χ1n) is 6.15. The van der Waals surface area contributed by atoms with E-state index in [1.165, 1.54) is 0 Å². The molecule has 0 aliphatic rings. The highest BCUT2D eigenvalue weighted by molar-refractivity contribution is 5.34. The molecule has 4 nitrogen and oxygen atoms in total. The molecule has 1 heterocycles. The summed E-state index contributed by atoms with van der Waals surface area (Å²) < 4.78 is 0. The van der Waals surface area contributed by atoms with Crippen molar-refractivity contribution in [1.82, 2.24) is 14.8 Å². The summed E-state index contributed by atoms with van der Waals surface area (Å²) in [5.74, 6) is 0.964. The SMILES string of the molecule is CCNc1cccc(CN(C)CCN(C)C)n1. The molecule has 1 rings (SSSR count). The average molecular weight is 236 g/mol. The van der Waals surface area contributed by atoms with E-state index in [9.17, 15) is 0 Å². The van der Waals surface area contributed by atoms with Gasteiger partial charge in [0.05, 0.1) is 5.69 Å². The molecule has 0 saturated heterocycles. The molecule has 0 aromatic carbocycles. The fourth-order valence-corrected chi connectivity index (χ4v) is 1.57. The third-order valence-corrected chi connectivity index (χ3v) is 2.53. The summed E-state index contributed by atoms with van der Waals surface area (Å²) in [5, 5.41) is 3.23. The van der Waals surface area contributed by atoms with Crippen molar-refractivity contribution < 1.29 is 0 Å². The van der Waals surface area contributed by atoms with E-state index in [2.05, 4.69) is 60.3 Å².